The first-order chi connectivity index (χ1) is 6.70. The Balaban J connectivity index is 3.34. The van der Waals surface area contributed by atoms with Crippen molar-refractivity contribution in [2.24, 2.45) is 11.7 Å². The summed E-state index contributed by atoms with van der Waals surface area (Å²) in [7, 11) is 0. The lowest BCUT2D eigenvalue weighted by Gasteiger charge is -2.11. The van der Waals surface area contributed by atoms with Crippen LogP contribution >= 0.6 is 0 Å². The van der Waals surface area contributed by atoms with Crippen LogP contribution in [0.4, 0.5) is 4.79 Å². The highest BCUT2D eigenvalue weighted by Crippen LogP contribution is 1.96. The van der Waals surface area contributed by atoms with E-state index in [1.165, 1.54) is 0 Å². The number of nitrogens with one attached hydrogen (secondary N) is 2. The fourth-order valence-corrected chi connectivity index (χ4v) is 1.09. The van der Waals surface area contributed by atoms with Crippen LogP contribution in [0.3, 0.4) is 0 Å². The summed E-state index contributed by atoms with van der Waals surface area (Å²) in [4.78, 5) is 11.2. The number of rotatable bonds is 7. The highest BCUT2D eigenvalue weighted by Gasteiger charge is 2.03. The highest BCUT2D eigenvalue weighted by atomic mass is 16.2. The molecule has 0 saturated heterocycles. The third kappa shape index (κ3) is 7.86. The molecule has 2 amide bonds. The van der Waals surface area contributed by atoms with Gasteiger partial charge in [0.2, 0.25) is 0 Å². The Morgan fingerprint density at radius 3 is 2.71 bits per heavy atom. The minimum absolute atomic E-state index is 0.0673. The summed E-state index contributed by atoms with van der Waals surface area (Å²) in [6.45, 7) is 6.32. The molecule has 1 unspecified atom stereocenters. The Kier molecular flexibility index (Phi) is 8.33. The van der Waals surface area contributed by atoms with E-state index in [9.17, 15) is 4.79 Å². The van der Waals surface area contributed by atoms with Gasteiger partial charge in [0.05, 0.1) is 0 Å². The molecule has 84 valence electrons. The maximum absolute atomic E-state index is 11.2. The van der Waals surface area contributed by atoms with Gasteiger partial charge in [-0.1, -0.05) is 20.3 Å². The van der Waals surface area contributed by atoms with Gasteiger partial charge in [0.25, 0.3) is 0 Å². The van der Waals surface area contributed by atoms with E-state index in [-0.39, 0.29) is 6.03 Å². The molecule has 0 aromatic heterocycles. The van der Waals surface area contributed by atoms with Crippen molar-refractivity contribution in [2.75, 3.05) is 19.6 Å². The lowest BCUT2D eigenvalue weighted by atomic mass is 10.1. The fraction of sp³-hybridized carbons (Fsp3) is 0.900. The monoisotopic (exact) mass is 201 g/mol. The van der Waals surface area contributed by atoms with Crippen LogP contribution in [0.15, 0.2) is 0 Å². The van der Waals surface area contributed by atoms with Gasteiger partial charge in [0, 0.05) is 13.1 Å². The smallest absolute Gasteiger partial charge is 0.314 e. The molecule has 0 aromatic carbocycles. The zero-order chi connectivity index (χ0) is 10.8. The summed E-state index contributed by atoms with van der Waals surface area (Å²) in [5.74, 6) is 0.455. The standard InChI is InChI=1S/C10H23N3O/c1-3-4-7-12-10(14)13-8-9(2)5-6-11/h9H,3-8,11H2,1-2H3,(H2,12,13,14). The van der Waals surface area contributed by atoms with Crippen molar-refractivity contribution in [1.29, 1.82) is 0 Å². The molecule has 0 saturated carbocycles. The van der Waals surface area contributed by atoms with E-state index in [4.69, 9.17) is 5.73 Å². The molecule has 14 heavy (non-hydrogen) atoms. The van der Waals surface area contributed by atoms with Crippen molar-refractivity contribution in [2.45, 2.75) is 33.1 Å². The molecule has 0 bridgehead atoms. The first-order valence-electron chi connectivity index (χ1n) is 5.42. The third-order valence-electron chi connectivity index (χ3n) is 2.09. The largest absolute Gasteiger partial charge is 0.338 e. The number of carbonyl (C=O) groups excluding carboxylic acids is 1. The van der Waals surface area contributed by atoms with Gasteiger partial charge in [0.1, 0.15) is 0 Å². The lowest BCUT2D eigenvalue weighted by Crippen LogP contribution is -2.38. The second-order valence-electron chi connectivity index (χ2n) is 3.67. The zero-order valence-electron chi connectivity index (χ0n) is 9.31. The molecular formula is C10H23N3O. The Morgan fingerprint density at radius 2 is 2.14 bits per heavy atom. The maximum Gasteiger partial charge on any atom is 0.314 e. The number of amides is 2. The number of urea groups is 1. The van der Waals surface area contributed by atoms with Crippen molar-refractivity contribution in [3.05, 3.63) is 0 Å². The molecular weight excluding hydrogens is 178 g/mol. The SMILES string of the molecule is CCCCNC(=O)NCC(C)CCN. The van der Waals surface area contributed by atoms with E-state index < -0.39 is 0 Å². The Labute approximate surface area is 86.6 Å². The zero-order valence-corrected chi connectivity index (χ0v) is 9.31. The molecule has 0 spiro atoms. The quantitative estimate of drug-likeness (QED) is 0.539. The fourth-order valence-electron chi connectivity index (χ4n) is 1.09. The number of unbranched alkanes of at least 4 members (excludes halogenated alkanes) is 1. The van der Waals surface area contributed by atoms with E-state index in [1.807, 2.05) is 0 Å². The molecule has 0 heterocycles. The van der Waals surface area contributed by atoms with Crippen LogP contribution in [0.5, 0.6) is 0 Å². The molecule has 0 radical (unpaired) electrons. The van der Waals surface area contributed by atoms with Gasteiger partial charge in [-0.2, -0.15) is 0 Å². The molecule has 0 aliphatic rings. The predicted molar refractivity (Wildman–Crippen MR) is 59.1 cm³/mol. The third-order valence-corrected chi connectivity index (χ3v) is 2.09. The normalized spacial score (nSPS) is 12.2. The first-order valence-corrected chi connectivity index (χ1v) is 5.42. The van der Waals surface area contributed by atoms with Crippen LogP contribution in [0.2, 0.25) is 0 Å². The van der Waals surface area contributed by atoms with E-state index in [0.29, 0.717) is 19.0 Å². The molecule has 0 fully saturated rings. The van der Waals surface area contributed by atoms with Crippen LogP contribution in [-0.2, 0) is 0 Å². The topological polar surface area (TPSA) is 67.2 Å². The maximum atomic E-state index is 11.2. The summed E-state index contributed by atoms with van der Waals surface area (Å²) in [5, 5.41) is 5.62. The Hall–Kier alpha value is -0.770. The number of nitrogens with two attached hydrogens (primary N) is 1. The van der Waals surface area contributed by atoms with Gasteiger partial charge in [-0.05, 0) is 25.3 Å². The highest BCUT2D eigenvalue weighted by molar-refractivity contribution is 5.73. The summed E-state index contributed by atoms with van der Waals surface area (Å²) in [6.07, 6.45) is 3.09. The number of carbonyl (C=O) groups is 1. The second kappa shape index (κ2) is 8.81. The average molecular weight is 201 g/mol. The lowest BCUT2D eigenvalue weighted by molar-refractivity contribution is 0.239. The van der Waals surface area contributed by atoms with Crippen molar-refractivity contribution in [1.82, 2.24) is 10.6 Å². The van der Waals surface area contributed by atoms with Crippen LogP contribution in [-0.4, -0.2) is 25.7 Å². The average Bonchev–Trinajstić information content (AvgIpc) is 2.16. The van der Waals surface area contributed by atoms with Gasteiger partial charge in [-0.15, -0.1) is 0 Å². The second-order valence-corrected chi connectivity index (χ2v) is 3.67. The molecule has 0 rings (SSSR count). The van der Waals surface area contributed by atoms with Gasteiger partial charge in [-0.3, -0.25) is 0 Å². The van der Waals surface area contributed by atoms with Crippen molar-refractivity contribution < 1.29 is 4.79 Å². The van der Waals surface area contributed by atoms with E-state index in [1.54, 1.807) is 0 Å². The molecule has 4 heteroatoms. The van der Waals surface area contributed by atoms with Crippen LogP contribution < -0.4 is 16.4 Å². The Morgan fingerprint density at radius 1 is 1.43 bits per heavy atom. The Bertz CT molecular complexity index is 150. The van der Waals surface area contributed by atoms with Crippen LogP contribution in [0, 0.1) is 5.92 Å². The summed E-state index contributed by atoms with van der Waals surface area (Å²) < 4.78 is 0. The van der Waals surface area contributed by atoms with E-state index in [0.717, 1.165) is 25.8 Å². The molecule has 0 aliphatic heterocycles. The molecule has 0 aromatic rings. The van der Waals surface area contributed by atoms with E-state index in [2.05, 4.69) is 24.5 Å². The van der Waals surface area contributed by atoms with Gasteiger partial charge < -0.3 is 16.4 Å². The van der Waals surface area contributed by atoms with Gasteiger partial charge >= 0.3 is 6.03 Å². The molecule has 4 nitrogen and oxygen atoms in total. The minimum atomic E-state index is -0.0673. The van der Waals surface area contributed by atoms with E-state index >= 15 is 0 Å². The van der Waals surface area contributed by atoms with Crippen molar-refractivity contribution >= 4 is 6.03 Å². The minimum Gasteiger partial charge on any atom is -0.338 e. The van der Waals surface area contributed by atoms with Gasteiger partial charge in [0.15, 0.2) is 0 Å². The summed E-state index contributed by atoms with van der Waals surface area (Å²) in [5.41, 5.74) is 5.41. The summed E-state index contributed by atoms with van der Waals surface area (Å²) >= 11 is 0. The predicted octanol–water partition coefficient (Wildman–Crippen LogP) is 1.07. The first kappa shape index (κ1) is 13.2. The van der Waals surface area contributed by atoms with Gasteiger partial charge in [-0.25, -0.2) is 4.79 Å². The molecule has 0 aliphatic carbocycles. The number of hydrogen-bond donors (Lipinski definition) is 3. The van der Waals surface area contributed by atoms with Crippen LogP contribution in [0.1, 0.15) is 33.1 Å². The van der Waals surface area contributed by atoms with Crippen molar-refractivity contribution in [3.63, 3.8) is 0 Å². The molecule has 1 atom stereocenters. The number of hydrogen-bond acceptors (Lipinski definition) is 2. The summed E-state index contributed by atoms with van der Waals surface area (Å²) in [6, 6.07) is -0.0673. The van der Waals surface area contributed by atoms with Crippen LogP contribution in [0.25, 0.3) is 0 Å². The molecule has 4 N–H and O–H groups in total. The van der Waals surface area contributed by atoms with Crippen molar-refractivity contribution in [3.8, 4) is 0 Å².